The zero-order valence-corrected chi connectivity index (χ0v) is 14.2. The molecule has 1 aliphatic heterocycles. The number of anilines is 2. The van der Waals surface area contributed by atoms with E-state index < -0.39 is 0 Å². The molecule has 0 bridgehead atoms. The SMILES string of the molecule is N#Cc1sccc1Nc1ccccc1C1=N[C@@H](c2ccccc2)CO1. The average molecular weight is 345 g/mol. The largest absolute Gasteiger partial charge is 0.475 e. The zero-order chi connectivity index (χ0) is 17.1. The zero-order valence-electron chi connectivity index (χ0n) is 13.3. The van der Waals surface area contributed by atoms with Gasteiger partial charge in [0.1, 0.15) is 23.6 Å². The van der Waals surface area contributed by atoms with Gasteiger partial charge in [-0.1, -0.05) is 42.5 Å². The first-order chi connectivity index (χ1) is 12.3. The van der Waals surface area contributed by atoms with Crippen molar-refractivity contribution in [1.82, 2.24) is 0 Å². The van der Waals surface area contributed by atoms with Gasteiger partial charge in [0.15, 0.2) is 0 Å². The van der Waals surface area contributed by atoms with Crippen LogP contribution in [0.1, 0.15) is 22.0 Å². The van der Waals surface area contributed by atoms with Crippen molar-refractivity contribution >= 4 is 28.6 Å². The third-order valence-corrected chi connectivity index (χ3v) is 4.85. The molecule has 1 N–H and O–H groups in total. The molecular formula is C20H15N3OS. The van der Waals surface area contributed by atoms with Crippen LogP contribution in [0, 0.1) is 11.3 Å². The van der Waals surface area contributed by atoms with Crippen molar-refractivity contribution in [1.29, 1.82) is 5.26 Å². The lowest BCUT2D eigenvalue weighted by atomic mass is 10.1. The van der Waals surface area contributed by atoms with Crippen molar-refractivity contribution in [2.75, 3.05) is 11.9 Å². The fourth-order valence-corrected chi connectivity index (χ4v) is 3.42. The maximum Gasteiger partial charge on any atom is 0.219 e. The summed E-state index contributed by atoms with van der Waals surface area (Å²) in [6.07, 6.45) is 0. The molecule has 1 aliphatic rings. The number of nitrogens with zero attached hydrogens (tertiary/aromatic N) is 2. The van der Waals surface area contributed by atoms with E-state index in [1.165, 1.54) is 11.3 Å². The van der Waals surface area contributed by atoms with Gasteiger partial charge in [-0.2, -0.15) is 5.26 Å². The van der Waals surface area contributed by atoms with Gasteiger partial charge >= 0.3 is 0 Å². The number of aliphatic imine (C=N–C) groups is 1. The molecule has 25 heavy (non-hydrogen) atoms. The Labute approximate surface area is 150 Å². The third kappa shape index (κ3) is 3.12. The van der Waals surface area contributed by atoms with Crippen molar-refractivity contribution in [2.24, 2.45) is 4.99 Å². The van der Waals surface area contributed by atoms with Crippen LogP contribution in [-0.2, 0) is 4.74 Å². The minimum Gasteiger partial charge on any atom is -0.475 e. The highest BCUT2D eigenvalue weighted by Crippen LogP contribution is 2.30. The van der Waals surface area contributed by atoms with Crippen molar-refractivity contribution < 1.29 is 4.74 Å². The Balaban J connectivity index is 1.65. The minimum absolute atomic E-state index is 0.0140. The Morgan fingerprint density at radius 3 is 2.68 bits per heavy atom. The molecule has 0 saturated carbocycles. The number of hydrogen-bond acceptors (Lipinski definition) is 5. The average Bonchev–Trinajstić information content (AvgIpc) is 3.32. The highest BCUT2D eigenvalue weighted by Gasteiger charge is 2.23. The number of thiophene rings is 1. The van der Waals surface area contributed by atoms with E-state index in [-0.39, 0.29) is 6.04 Å². The van der Waals surface area contributed by atoms with Crippen LogP contribution < -0.4 is 5.32 Å². The van der Waals surface area contributed by atoms with Gasteiger partial charge in [-0.3, -0.25) is 0 Å². The molecule has 0 aliphatic carbocycles. The van der Waals surface area contributed by atoms with E-state index in [1.807, 2.05) is 53.9 Å². The van der Waals surface area contributed by atoms with Crippen molar-refractivity contribution in [3.63, 3.8) is 0 Å². The van der Waals surface area contributed by atoms with E-state index in [0.717, 1.165) is 22.5 Å². The molecule has 0 saturated heterocycles. The maximum atomic E-state index is 9.20. The summed E-state index contributed by atoms with van der Waals surface area (Å²) >= 11 is 1.42. The summed E-state index contributed by atoms with van der Waals surface area (Å²) in [6, 6.07) is 22.1. The van der Waals surface area contributed by atoms with Crippen molar-refractivity contribution in [2.45, 2.75) is 6.04 Å². The first-order valence-corrected chi connectivity index (χ1v) is 8.82. The molecule has 4 rings (SSSR count). The molecule has 3 aromatic rings. The lowest BCUT2D eigenvalue weighted by molar-refractivity contribution is 0.320. The standard InChI is InChI=1S/C20H15N3OS/c21-12-19-17(10-11-25-19)22-16-9-5-4-8-15(16)20-23-18(13-24-20)14-6-2-1-3-7-14/h1-11,18,22H,13H2/t18-/m1/s1. The number of benzene rings is 2. The second-order valence-electron chi connectivity index (χ2n) is 5.62. The lowest BCUT2D eigenvalue weighted by Crippen LogP contribution is -2.05. The van der Waals surface area contributed by atoms with Gasteiger partial charge in [0.2, 0.25) is 5.90 Å². The predicted octanol–water partition coefficient (Wildman–Crippen LogP) is 4.88. The van der Waals surface area contributed by atoms with Gasteiger partial charge in [-0.25, -0.2) is 4.99 Å². The van der Waals surface area contributed by atoms with Crippen molar-refractivity contribution in [3.8, 4) is 6.07 Å². The van der Waals surface area contributed by atoms with Gasteiger partial charge in [0, 0.05) is 0 Å². The quantitative estimate of drug-likeness (QED) is 0.733. The Morgan fingerprint density at radius 1 is 1.04 bits per heavy atom. The van der Waals surface area contributed by atoms with Crippen LogP contribution in [0.5, 0.6) is 0 Å². The molecule has 1 atom stereocenters. The molecule has 122 valence electrons. The van der Waals surface area contributed by atoms with Crippen LogP contribution >= 0.6 is 11.3 Å². The van der Waals surface area contributed by atoms with Crippen LogP contribution in [0.3, 0.4) is 0 Å². The molecular weight excluding hydrogens is 330 g/mol. The molecule has 0 fully saturated rings. The van der Waals surface area contributed by atoms with Gasteiger partial charge in [0.25, 0.3) is 0 Å². The Kier molecular flexibility index (Phi) is 4.19. The first kappa shape index (κ1) is 15.4. The molecule has 2 heterocycles. The summed E-state index contributed by atoms with van der Waals surface area (Å²) < 4.78 is 5.87. The molecule has 1 aromatic heterocycles. The summed E-state index contributed by atoms with van der Waals surface area (Å²) in [5.74, 6) is 0.630. The topological polar surface area (TPSA) is 57.4 Å². The summed E-state index contributed by atoms with van der Waals surface area (Å²) in [6.45, 7) is 0.537. The smallest absolute Gasteiger partial charge is 0.219 e. The highest BCUT2D eigenvalue weighted by atomic mass is 32.1. The van der Waals surface area contributed by atoms with Gasteiger partial charge in [0.05, 0.1) is 16.9 Å². The highest BCUT2D eigenvalue weighted by molar-refractivity contribution is 7.11. The number of para-hydroxylation sites is 1. The predicted molar refractivity (Wildman–Crippen MR) is 100 cm³/mol. The summed E-state index contributed by atoms with van der Waals surface area (Å²) in [7, 11) is 0. The maximum absolute atomic E-state index is 9.20. The second kappa shape index (κ2) is 6.80. The number of ether oxygens (including phenoxy) is 1. The molecule has 0 spiro atoms. The molecule has 2 aromatic carbocycles. The Bertz CT molecular complexity index is 956. The number of hydrogen-bond donors (Lipinski definition) is 1. The number of nitriles is 1. The number of rotatable bonds is 4. The molecule has 0 radical (unpaired) electrons. The van der Waals surface area contributed by atoms with Gasteiger partial charge in [-0.15, -0.1) is 11.3 Å². The van der Waals surface area contributed by atoms with Crippen LogP contribution in [0.2, 0.25) is 0 Å². The van der Waals surface area contributed by atoms with Crippen LogP contribution in [0.25, 0.3) is 0 Å². The fourth-order valence-electron chi connectivity index (χ4n) is 2.79. The molecule has 5 heteroatoms. The lowest BCUT2D eigenvalue weighted by Gasteiger charge is -2.10. The molecule has 0 amide bonds. The Hall–Kier alpha value is -3.10. The number of nitrogens with one attached hydrogen (secondary N) is 1. The van der Waals surface area contributed by atoms with E-state index in [0.29, 0.717) is 17.4 Å². The molecule has 4 nitrogen and oxygen atoms in total. The van der Waals surface area contributed by atoms with Gasteiger partial charge < -0.3 is 10.1 Å². The normalized spacial score (nSPS) is 16.0. The minimum atomic E-state index is 0.0140. The summed E-state index contributed by atoms with van der Waals surface area (Å²) in [5.41, 5.74) is 3.73. The third-order valence-electron chi connectivity index (χ3n) is 4.03. The van der Waals surface area contributed by atoms with E-state index in [1.54, 1.807) is 0 Å². The summed E-state index contributed by atoms with van der Waals surface area (Å²) in [5, 5.41) is 14.4. The van der Waals surface area contributed by atoms with Crippen LogP contribution in [-0.4, -0.2) is 12.5 Å². The van der Waals surface area contributed by atoms with E-state index in [4.69, 9.17) is 9.73 Å². The van der Waals surface area contributed by atoms with Crippen LogP contribution in [0.15, 0.2) is 71.0 Å². The second-order valence-corrected chi connectivity index (χ2v) is 6.53. The summed E-state index contributed by atoms with van der Waals surface area (Å²) in [4.78, 5) is 5.41. The van der Waals surface area contributed by atoms with Crippen LogP contribution in [0.4, 0.5) is 11.4 Å². The van der Waals surface area contributed by atoms with E-state index in [9.17, 15) is 5.26 Å². The first-order valence-electron chi connectivity index (χ1n) is 7.95. The van der Waals surface area contributed by atoms with Gasteiger partial charge in [-0.05, 0) is 29.1 Å². The Morgan fingerprint density at radius 2 is 1.84 bits per heavy atom. The fraction of sp³-hybridized carbons (Fsp3) is 0.100. The molecule has 0 unspecified atom stereocenters. The van der Waals surface area contributed by atoms with Crippen molar-refractivity contribution in [3.05, 3.63) is 82.0 Å². The van der Waals surface area contributed by atoms with E-state index >= 15 is 0 Å². The van der Waals surface area contributed by atoms with E-state index in [2.05, 4.69) is 23.5 Å². The monoisotopic (exact) mass is 345 g/mol.